The van der Waals surface area contributed by atoms with Crippen molar-refractivity contribution in [2.75, 3.05) is 37.0 Å². The molecule has 1 aromatic carbocycles. The third-order valence-electron chi connectivity index (χ3n) is 7.27. The molecule has 13 nitrogen and oxygen atoms in total. The van der Waals surface area contributed by atoms with Crippen molar-refractivity contribution < 1.29 is 33.4 Å². The summed E-state index contributed by atoms with van der Waals surface area (Å²) in [5, 5.41) is 26.9. The molecule has 2 fully saturated rings. The third kappa shape index (κ3) is 4.25. The van der Waals surface area contributed by atoms with Crippen molar-refractivity contribution in [1.29, 1.82) is 5.41 Å². The van der Waals surface area contributed by atoms with E-state index in [1.165, 1.54) is 18.3 Å². The largest absolute Gasteiger partial charge is 0.504 e. The van der Waals surface area contributed by atoms with Crippen LogP contribution < -0.4 is 20.9 Å². The Morgan fingerprint density at radius 3 is 2.74 bits per heavy atom. The number of fused-ring (bicyclic) bond motifs is 4. The fourth-order valence-electron chi connectivity index (χ4n) is 5.73. The van der Waals surface area contributed by atoms with E-state index in [0.717, 1.165) is 0 Å². The second-order valence-corrected chi connectivity index (χ2v) is 9.79. The van der Waals surface area contributed by atoms with Crippen LogP contribution in [0.3, 0.4) is 0 Å². The third-order valence-corrected chi connectivity index (χ3v) is 7.27. The van der Waals surface area contributed by atoms with E-state index in [0.29, 0.717) is 13.2 Å². The van der Waals surface area contributed by atoms with Gasteiger partial charge in [0.25, 0.3) is 0 Å². The second kappa shape index (κ2) is 9.85. The lowest BCUT2D eigenvalue weighted by atomic mass is 9.66. The van der Waals surface area contributed by atoms with E-state index in [-0.39, 0.29) is 53.2 Å². The van der Waals surface area contributed by atoms with Crippen LogP contribution in [0.15, 0.2) is 18.3 Å². The maximum absolute atomic E-state index is 16.0. The standard InChI is InChI=1S/C25H28FN7O6/c1-11-10-33-18-13(9-25(20(33)12(2)39-11)21(35)31-24(37)32-22(25)36)8-14(19(34)16(18)26)17(27)15-4-5-28-23(30-15)29-6-7-38-3/h4-5,8,11-12,20,27,34H,6-7,9-10H2,1-3H3,(H,28,29,30)(H2,31,32,35,36,37). The Hall–Kier alpha value is -4.17. The summed E-state index contributed by atoms with van der Waals surface area (Å²) in [4.78, 5) is 48.5. The van der Waals surface area contributed by atoms with Gasteiger partial charge < -0.3 is 24.8 Å². The van der Waals surface area contributed by atoms with Gasteiger partial charge in [-0.1, -0.05) is 0 Å². The predicted molar refractivity (Wildman–Crippen MR) is 135 cm³/mol. The van der Waals surface area contributed by atoms with Crippen molar-refractivity contribution in [2.45, 2.75) is 38.5 Å². The van der Waals surface area contributed by atoms with E-state index >= 15 is 4.39 Å². The van der Waals surface area contributed by atoms with Gasteiger partial charge in [-0.05, 0) is 31.5 Å². The number of urea groups is 1. The maximum atomic E-state index is 16.0. The van der Waals surface area contributed by atoms with Gasteiger partial charge in [-0.2, -0.15) is 0 Å². The Morgan fingerprint density at radius 2 is 2.05 bits per heavy atom. The fraction of sp³-hybridized carbons (Fsp3) is 0.440. The number of aromatic hydroxyl groups is 1. The number of phenolic OH excluding ortho intramolecular Hbond substituents is 1. The average molecular weight is 542 g/mol. The molecule has 2 saturated heterocycles. The monoisotopic (exact) mass is 541 g/mol. The van der Waals surface area contributed by atoms with Gasteiger partial charge in [0.1, 0.15) is 0 Å². The lowest BCUT2D eigenvalue weighted by molar-refractivity contribution is -0.153. The summed E-state index contributed by atoms with van der Waals surface area (Å²) in [6.45, 7) is 4.38. The summed E-state index contributed by atoms with van der Waals surface area (Å²) in [5.74, 6) is -3.19. The molecule has 4 amide bonds. The van der Waals surface area contributed by atoms with Crippen molar-refractivity contribution in [3.8, 4) is 5.75 Å². The van der Waals surface area contributed by atoms with E-state index in [4.69, 9.17) is 14.9 Å². The van der Waals surface area contributed by atoms with Crippen LogP contribution >= 0.6 is 0 Å². The van der Waals surface area contributed by atoms with Crippen molar-refractivity contribution >= 4 is 35.2 Å². The number of amides is 4. The molecule has 0 saturated carbocycles. The molecule has 1 spiro atoms. The normalized spacial score (nSPS) is 23.5. The molecule has 3 aliphatic heterocycles. The molecule has 4 heterocycles. The topological polar surface area (TPSA) is 179 Å². The van der Waals surface area contributed by atoms with Crippen molar-refractivity contribution in [3.05, 3.63) is 41.0 Å². The highest BCUT2D eigenvalue weighted by Crippen LogP contribution is 2.49. The zero-order valence-corrected chi connectivity index (χ0v) is 21.5. The van der Waals surface area contributed by atoms with E-state index in [1.54, 1.807) is 25.9 Å². The minimum absolute atomic E-state index is 0.0174. The first-order chi connectivity index (χ1) is 18.6. The average Bonchev–Trinajstić information content (AvgIpc) is 2.88. The minimum atomic E-state index is -1.82. The molecule has 5 N–H and O–H groups in total. The van der Waals surface area contributed by atoms with E-state index in [9.17, 15) is 19.5 Å². The number of hydrogen-bond acceptors (Lipinski definition) is 11. The predicted octanol–water partition coefficient (Wildman–Crippen LogP) is 0.686. The highest BCUT2D eigenvalue weighted by molar-refractivity contribution is 6.20. The molecule has 0 aliphatic carbocycles. The lowest BCUT2D eigenvalue weighted by Crippen LogP contribution is -2.75. The number of barbiturate groups is 1. The molecular formula is C25H28FN7O6. The number of methoxy groups -OCH3 is 1. The summed E-state index contributed by atoms with van der Waals surface area (Å²) in [6.07, 6.45) is 0.0415. The Balaban J connectivity index is 1.61. The molecule has 1 aromatic heterocycles. The van der Waals surface area contributed by atoms with Crippen LogP contribution in [0, 0.1) is 16.6 Å². The molecule has 3 aliphatic rings. The first-order valence-corrected chi connectivity index (χ1v) is 12.4. The highest BCUT2D eigenvalue weighted by atomic mass is 19.1. The quantitative estimate of drug-likeness (QED) is 0.198. The molecule has 206 valence electrons. The number of anilines is 2. The van der Waals surface area contributed by atoms with Gasteiger partial charge in [-0.25, -0.2) is 19.2 Å². The Bertz CT molecular complexity index is 1360. The van der Waals surface area contributed by atoms with Gasteiger partial charge >= 0.3 is 6.03 Å². The van der Waals surface area contributed by atoms with Gasteiger partial charge in [0.2, 0.25) is 17.8 Å². The number of imide groups is 2. The van der Waals surface area contributed by atoms with Gasteiger partial charge in [0.15, 0.2) is 17.0 Å². The van der Waals surface area contributed by atoms with Crippen molar-refractivity contribution in [2.24, 2.45) is 5.41 Å². The molecule has 39 heavy (non-hydrogen) atoms. The van der Waals surface area contributed by atoms with Gasteiger partial charge in [0.05, 0.1) is 41.9 Å². The molecule has 0 radical (unpaired) electrons. The maximum Gasteiger partial charge on any atom is 0.328 e. The van der Waals surface area contributed by atoms with Gasteiger partial charge in [-0.15, -0.1) is 0 Å². The molecule has 14 heteroatoms. The molecule has 3 unspecified atom stereocenters. The molecular weight excluding hydrogens is 513 g/mol. The minimum Gasteiger partial charge on any atom is -0.504 e. The number of nitrogens with one attached hydrogen (secondary N) is 4. The zero-order chi connectivity index (χ0) is 28.1. The first-order valence-electron chi connectivity index (χ1n) is 12.4. The number of carbonyl (C=O) groups is 3. The SMILES string of the molecule is COCCNc1nccc(C(=N)c2cc3c(c(F)c2O)N2CC(C)OC(C)C2C2(C3)C(=O)NC(=O)NC2=O)n1. The molecule has 0 bridgehead atoms. The van der Waals surface area contributed by atoms with E-state index in [2.05, 4.69) is 25.9 Å². The Morgan fingerprint density at radius 1 is 1.33 bits per heavy atom. The molecule has 5 rings (SSSR count). The number of rotatable bonds is 6. The fourth-order valence-corrected chi connectivity index (χ4v) is 5.73. The number of morpholine rings is 1. The van der Waals surface area contributed by atoms with Crippen LogP contribution in [0.2, 0.25) is 0 Å². The number of ether oxygens (including phenoxy) is 2. The van der Waals surface area contributed by atoms with E-state index in [1.807, 2.05) is 0 Å². The number of phenols is 1. The lowest BCUT2D eigenvalue weighted by Gasteiger charge is -2.55. The summed E-state index contributed by atoms with van der Waals surface area (Å²) >= 11 is 0. The number of carbonyl (C=O) groups excluding carboxylic acids is 3. The first kappa shape index (κ1) is 26.4. The van der Waals surface area contributed by atoms with Crippen LogP contribution in [-0.4, -0.2) is 83.7 Å². The number of benzene rings is 1. The molecule has 3 atom stereocenters. The van der Waals surface area contributed by atoms with Crippen LogP contribution in [0.25, 0.3) is 0 Å². The van der Waals surface area contributed by atoms with Crippen molar-refractivity contribution in [3.63, 3.8) is 0 Å². The van der Waals surface area contributed by atoms with Crippen LogP contribution in [0.5, 0.6) is 5.75 Å². The second-order valence-electron chi connectivity index (χ2n) is 9.79. The number of hydrogen-bond donors (Lipinski definition) is 5. The summed E-state index contributed by atoms with van der Waals surface area (Å²) in [7, 11) is 1.55. The highest BCUT2D eigenvalue weighted by Gasteiger charge is 2.63. The smallest absolute Gasteiger partial charge is 0.328 e. The zero-order valence-electron chi connectivity index (χ0n) is 21.5. The van der Waals surface area contributed by atoms with Crippen molar-refractivity contribution in [1.82, 2.24) is 20.6 Å². The van der Waals surface area contributed by atoms with E-state index < -0.39 is 47.0 Å². The van der Waals surface area contributed by atoms with Crippen LogP contribution in [-0.2, 0) is 25.5 Å². The molecule has 2 aromatic rings. The van der Waals surface area contributed by atoms with Gasteiger partial charge in [-0.3, -0.25) is 25.6 Å². The Kier molecular flexibility index (Phi) is 6.68. The summed E-state index contributed by atoms with van der Waals surface area (Å²) in [5.41, 5.74) is -1.95. The van der Waals surface area contributed by atoms with Crippen LogP contribution in [0.1, 0.15) is 30.7 Å². The number of aromatic nitrogens is 2. The number of halogens is 1. The van der Waals surface area contributed by atoms with Gasteiger partial charge in [0, 0.05) is 38.4 Å². The number of nitrogens with zero attached hydrogens (tertiary/aromatic N) is 3. The summed E-state index contributed by atoms with van der Waals surface area (Å²) < 4.78 is 26.9. The van der Waals surface area contributed by atoms with Crippen LogP contribution in [0.4, 0.5) is 20.8 Å². The Labute approximate surface area is 222 Å². The summed E-state index contributed by atoms with van der Waals surface area (Å²) in [6, 6.07) is 0.924.